The Kier molecular flexibility index (Phi) is 8.83. The van der Waals surface area contributed by atoms with Crippen LogP contribution in [0, 0.1) is 0 Å². The molecule has 63 heavy (non-hydrogen) atoms. The molecular weight excluding hydrogens is 765 g/mol. The molecule has 0 spiro atoms. The number of anilines is 6. The molecule has 3 nitrogen and oxygen atoms in total. The zero-order valence-corrected chi connectivity index (χ0v) is 34.4. The zero-order valence-electron chi connectivity index (χ0n) is 34.4. The summed E-state index contributed by atoms with van der Waals surface area (Å²) in [6.45, 7) is 0. The van der Waals surface area contributed by atoms with Gasteiger partial charge in [0.1, 0.15) is 5.58 Å². The molecule has 0 amide bonds. The fraction of sp³-hybridized carbons (Fsp3) is 0. The van der Waals surface area contributed by atoms with Crippen molar-refractivity contribution in [3.8, 4) is 22.3 Å². The number of nitrogens with zero attached hydrogens (tertiary/aromatic N) is 2. The summed E-state index contributed by atoms with van der Waals surface area (Å²) in [5.74, 6) is 0. The first-order valence-electron chi connectivity index (χ1n) is 21.5. The van der Waals surface area contributed by atoms with Gasteiger partial charge in [0.2, 0.25) is 0 Å². The minimum Gasteiger partial charge on any atom is -0.454 e. The maximum absolute atomic E-state index is 7.00. The van der Waals surface area contributed by atoms with E-state index in [2.05, 4.69) is 252 Å². The second-order valence-electron chi connectivity index (χ2n) is 16.1. The molecule has 3 heteroatoms. The first-order valence-corrected chi connectivity index (χ1v) is 21.5. The van der Waals surface area contributed by atoms with E-state index >= 15 is 0 Å². The summed E-state index contributed by atoms with van der Waals surface area (Å²) in [6.07, 6.45) is 0. The third-order valence-corrected chi connectivity index (χ3v) is 12.4. The number of benzene rings is 11. The SMILES string of the molecule is c1ccc(-c2ccc(N(c3ccccc3)c3ccc(-c4ccc(N(c5ccccc5)c5cc6ccccc6c6c5oc5ccc7ccccc7c56)c5ccccc45)cc3)cc2)cc1. The summed E-state index contributed by atoms with van der Waals surface area (Å²) in [4.78, 5) is 4.71. The number of furan rings is 1. The molecule has 0 radical (unpaired) electrons. The van der Waals surface area contributed by atoms with Crippen molar-refractivity contribution in [1.29, 1.82) is 0 Å². The maximum Gasteiger partial charge on any atom is 0.160 e. The molecule has 11 aromatic carbocycles. The molecule has 0 aliphatic heterocycles. The van der Waals surface area contributed by atoms with Gasteiger partial charge in [-0.05, 0) is 116 Å². The topological polar surface area (TPSA) is 19.6 Å². The minimum absolute atomic E-state index is 0.866. The van der Waals surface area contributed by atoms with Gasteiger partial charge in [-0.1, -0.05) is 176 Å². The first-order chi connectivity index (χ1) is 31.3. The summed E-state index contributed by atoms with van der Waals surface area (Å²) in [5, 5.41) is 9.33. The number of hydrogen-bond acceptors (Lipinski definition) is 3. The second kappa shape index (κ2) is 15.3. The Morgan fingerprint density at radius 3 is 1.44 bits per heavy atom. The molecule has 0 fully saturated rings. The van der Waals surface area contributed by atoms with E-state index in [0.29, 0.717) is 0 Å². The average Bonchev–Trinajstić information content (AvgIpc) is 3.77. The van der Waals surface area contributed by atoms with Crippen LogP contribution in [0.25, 0.3) is 76.5 Å². The summed E-state index contributed by atoms with van der Waals surface area (Å²) >= 11 is 0. The molecule has 1 aromatic heterocycles. The Morgan fingerprint density at radius 2 is 0.778 bits per heavy atom. The normalized spacial score (nSPS) is 11.5. The van der Waals surface area contributed by atoms with Crippen LogP contribution in [0.3, 0.4) is 0 Å². The average molecular weight is 805 g/mol. The van der Waals surface area contributed by atoms with Gasteiger partial charge in [-0.3, -0.25) is 0 Å². The predicted octanol–water partition coefficient (Wildman–Crippen LogP) is 17.3. The largest absolute Gasteiger partial charge is 0.454 e. The predicted molar refractivity (Wildman–Crippen MR) is 266 cm³/mol. The standard InChI is InChI=1S/C60H40N2O/c1-4-16-41(17-5-1)42-28-33-48(34-29-42)61(46-20-6-2-7-21-46)49-35-30-44(31-36-49)50-37-38-55(54-27-15-14-26-53(50)54)62(47-22-8-3-9-23-47)56-40-45-19-11-13-25-52(45)59-58-51-24-12-10-18-43(51)32-39-57(58)63-60(56)59/h1-40H. The van der Waals surface area contributed by atoms with Gasteiger partial charge >= 0.3 is 0 Å². The zero-order chi connectivity index (χ0) is 41.7. The number of hydrogen-bond donors (Lipinski definition) is 0. The highest BCUT2D eigenvalue weighted by Crippen LogP contribution is 2.49. The van der Waals surface area contributed by atoms with Gasteiger partial charge in [0.15, 0.2) is 5.58 Å². The molecule has 0 saturated heterocycles. The van der Waals surface area contributed by atoms with Crippen molar-refractivity contribution in [2.24, 2.45) is 0 Å². The number of rotatable bonds is 8. The van der Waals surface area contributed by atoms with Gasteiger partial charge in [-0.25, -0.2) is 0 Å². The Balaban J connectivity index is 1.00. The maximum atomic E-state index is 7.00. The van der Waals surface area contributed by atoms with Crippen LogP contribution in [-0.4, -0.2) is 0 Å². The smallest absolute Gasteiger partial charge is 0.160 e. The molecule has 0 aliphatic rings. The van der Waals surface area contributed by atoms with Crippen LogP contribution in [0.5, 0.6) is 0 Å². The van der Waals surface area contributed by atoms with E-state index in [0.717, 1.165) is 72.4 Å². The van der Waals surface area contributed by atoms with Gasteiger partial charge in [0, 0.05) is 38.9 Å². The highest BCUT2D eigenvalue weighted by molar-refractivity contribution is 6.29. The lowest BCUT2D eigenvalue weighted by atomic mass is 9.95. The molecule has 0 atom stereocenters. The van der Waals surface area contributed by atoms with Crippen molar-refractivity contribution >= 4 is 88.4 Å². The number of para-hydroxylation sites is 2. The lowest BCUT2D eigenvalue weighted by molar-refractivity contribution is 0.669. The Labute approximate surface area is 365 Å². The summed E-state index contributed by atoms with van der Waals surface area (Å²) < 4.78 is 7.00. The van der Waals surface area contributed by atoms with Crippen molar-refractivity contribution in [3.05, 3.63) is 243 Å². The minimum atomic E-state index is 0.866. The van der Waals surface area contributed by atoms with Crippen LogP contribution in [0.15, 0.2) is 247 Å². The van der Waals surface area contributed by atoms with Crippen LogP contribution < -0.4 is 9.80 Å². The van der Waals surface area contributed by atoms with E-state index < -0.39 is 0 Å². The molecule has 12 rings (SSSR count). The van der Waals surface area contributed by atoms with Gasteiger partial charge in [0.25, 0.3) is 0 Å². The van der Waals surface area contributed by atoms with E-state index in [-0.39, 0.29) is 0 Å². The molecular formula is C60H40N2O. The fourth-order valence-electron chi connectivity index (χ4n) is 9.50. The molecule has 296 valence electrons. The Hall–Kier alpha value is -8.40. The Morgan fingerprint density at radius 1 is 0.286 bits per heavy atom. The monoisotopic (exact) mass is 804 g/mol. The third-order valence-electron chi connectivity index (χ3n) is 12.4. The molecule has 0 N–H and O–H groups in total. The van der Waals surface area contributed by atoms with E-state index in [1.165, 1.54) is 38.2 Å². The van der Waals surface area contributed by atoms with Crippen LogP contribution in [-0.2, 0) is 0 Å². The molecule has 0 aliphatic carbocycles. The van der Waals surface area contributed by atoms with Crippen LogP contribution in [0.1, 0.15) is 0 Å². The first kappa shape index (κ1) is 36.5. The van der Waals surface area contributed by atoms with Gasteiger partial charge in [-0.2, -0.15) is 0 Å². The lowest BCUT2D eigenvalue weighted by Gasteiger charge is -2.28. The van der Waals surface area contributed by atoms with E-state index in [4.69, 9.17) is 4.42 Å². The third kappa shape index (κ3) is 6.29. The quantitative estimate of drug-likeness (QED) is 0.153. The van der Waals surface area contributed by atoms with Crippen molar-refractivity contribution in [1.82, 2.24) is 0 Å². The van der Waals surface area contributed by atoms with Crippen molar-refractivity contribution in [2.45, 2.75) is 0 Å². The summed E-state index contributed by atoms with van der Waals surface area (Å²) in [7, 11) is 0. The summed E-state index contributed by atoms with van der Waals surface area (Å²) in [5.41, 5.74) is 12.9. The molecule has 0 bridgehead atoms. The van der Waals surface area contributed by atoms with Gasteiger partial charge in [0.05, 0.1) is 11.4 Å². The lowest BCUT2D eigenvalue weighted by Crippen LogP contribution is -2.11. The van der Waals surface area contributed by atoms with Gasteiger partial charge in [-0.15, -0.1) is 0 Å². The van der Waals surface area contributed by atoms with Crippen molar-refractivity contribution in [3.63, 3.8) is 0 Å². The fourth-order valence-corrected chi connectivity index (χ4v) is 9.50. The molecule has 12 aromatic rings. The Bertz CT molecular complexity index is 3600. The number of fused-ring (bicyclic) bond motifs is 8. The van der Waals surface area contributed by atoms with E-state index in [9.17, 15) is 0 Å². The van der Waals surface area contributed by atoms with Crippen LogP contribution >= 0.6 is 0 Å². The van der Waals surface area contributed by atoms with Crippen LogP contribution in [0.4, 0.5) is 34.1 Å². The van der Waals surface area contributed by atoms with Gasteiger partial charge < -0.3 is 14.2 Å². The van der Waals surface area contributed by atoms with Crippen molar-refractivity contribution < 1.29 is 4.42 Å². The van der Waals surface area contributed by atoms with Crippen LogP contribution in [0.2, 0.25) is 0 Å². The molecule has 0 saturated carbocycles. The highest BCUT2D eigenvalue weighted by Gasteiger charge is 2.24. The summed E-state index contributed by atoms with van der Waals surface area (Å²) in [6, 6.07) is 86.9. The van der Waals surface area contributed by atoms with E-state index in [1.807, 2.05) is 0 Å². The highest BCUT2D eigenvalue weighted by atomic mass is 16.3. The molecule has 1 heterocycles. The van der Waals surface area contributed by atoms with E-state index in [1.54, 1.807) is 0 Å². The van der Waals surface area contributed by atoms with Crippen molar-refractivity contribution in [2.75, 3.05) is 9.80 Å². The molecule has 0 unspecified atom stereocenters. The second-order valence-corrected chi connectivity index (χ2v) is 16.1.